The maximum absolute atomic E-state index is 12.2. The van der Waals surface area contributed by atoms with Crippen LogP contribution in [0.1, 0.15) is 72.6 Å². The van der Waals surface area contributed by atoms with E-state index in [4.69, 9.17) is 15.2 Å². The molecule has 2 aliphatic heterocycles. The zero-order chi connectivity index (χ0) is 21.6. The Hall–Kier alpha value is -0.730. The number of nitrogens with one attached hydrogen (secondary N) is 1. The number of ether oxygens (including phenoxy) is 2. The third-order valence-electron chi connectivity index (χ3n) is 6.70. The summed E-state index contributed by atoms with van der Waals surface area (Å²) in [6.07, 6.45) is 3.45. The van der Waals surface area contributed by atoms with E-state index < -0.39 is 30.6 Å². The van der Waals surface area contributed by atoms with Gasteiger partial charge in [0, 0.05) is 12.5 Å². The Morgan fingerprint density at radius 2 is 1.72 bits per heavy atom. The summed E-state index contributed by atoms with van der Waals surface area (Å²) < 4.78 is 12.0. The Labute approximate surface area is 175 Å². The van der Waals surface area contributed by atoms with Crippen LogP contribution in [-0.4, -0.2) is 59.4 Å². The van der Waals surface area contributed by atoms with Gasteiger partial charge in [-0.2, -0.15) is 0 Å². The van der Waals surface area contributed by atoms with Crippen molar-refractivity contribution in [2.75, 3.05) is 6.54 Å². The molecule has 0 saturated carbocycles. The summed E-state index contributed by atoms with van der Waals surface area (Å²) in [6, 6.07) is -0.784. The van der Waals surface area contributed by atoms with Crippen molar-refractivity contribution in [3.05, 3.63) is 0 Å². The van der Waals surface area contributed by atoms with Crippen LogP contribution in [0.15, 0.2) is 0 Å². The number of rotatable bonds is 2. The van der Waals surface area contributed by atoms with Gasteiger partial charge in [0.1, 0.15) is 6.10 Å². The lowest BCUT2D eigenvalue weighted by atomic mass is 9.89. The molecule has 2 aliphatic rings. The van der Waals surface area contributed by atoms with Gasteiger partial charge in [0.25, 0.3) is 0 Å². The van der Waals surface area contributed by atoms with Crippen LogP contribution in [0.3, 0.4) is 0 Å². The molecule has 7 nitrogen and oxygen atoms in total. The summed E-state index contributed by atoms with van der Waals surface area (Å²) in [5.74, 6) is 1.03. The van der Waals surface area contributed by atoms with E-state index in [9.17, 15) is 15.0 Å². The van der Waals surface area contributed by atoms with Crippen molar-refractivity contribution in [3.8, 4) is 0 Å². The predicted molar refractivity (Wildman–Crippen MR) is 112 cm³/mol. The summed E-state index contributed by atoms with van der Waals surface area (Å²) in [7, 11) is 0. The Morgan fingerprint density at radius 1 is 1.00 bits per heavy atom. The molecule has 29 heavy (non-hydrogen) atoms. The zero-order valence-corrected chi connectivity index (χ0v) is 18.5. The van der Waals surface area contributed by atoms with E-state index in [1.54, 1.807) is 6.92 Å². The highest BCUT2D eigenvalue weighted by Crippen LogP contribution is 2.28. The van der Waals surface area contributed by atoms with E-state index in [1.807, 2.05) is 6.92 Å². The first-order chi connectivity index (χ1) is 13.7. The first-order valence-corrected chi connectivity index (χ1v) is 11.4. The van der Waals surface area contributed by atoms with Crippen LogP contribution in [0.25, 0.3) is 0 Å². The van der Waals surface area contributed by atoms with Gasteiger partial charge in [0.15, 0.2) is 6.29 Å². The number of amides is 1. The van der Waals surface area contributed by atoms with Gasteiger partial charge in [0.05, 0.1) is 24.4 Å². The maximum atomic E-state index is 12.2. The summed E-state index contributed by atoms with van der Waals surface area (Å²) >= 11 is 0. The average molecular weight is 415 g/mol. The standard InChI is InChI=1S/C22H42N2O5/c1-13-7-5-8-15(3)21(27)24-12-6-9-14(2)17(11-10-13)29-22-20(26)18(23)19(25)16(4)28-22/h13-20,22,25-26H,5-12,23H2,1-4H3,(H,24,27)/t13-,14+,15+,16?,17+,18?,19?,20?,22?/m0/s1. The number of aliphatic hydroxyl groups is 2. The summed E-state index contributed by atoms with van der Waals surface area (Å²) in [5.41, 5.74) is 5.96. The first kappa shape index (κ1) is 24.5. The number of hydrogen-bond acceptors (Lipinski definition) is 6. The van der Waals surface area contributed by atoms with Gasteiger partial charge < -0.3 is 30.7 Å². The van der Waals surface area contributed by atoms with Crippen LogP contribution < -0.4 is 11.1 Å². The largest absolute Gasteiger partial charge is 0.389 e. The second kappa shape index (κ2) is 11.6. The molecule has 0 aromatic carbocycles. The van der Waals surface area contributed by atoms with Crippen molar-refractivity contribution in [3.63, 3.8) is 0 Å². The van der Waals surface area contributed by atoms with E-state index in [2.05, 4.69) is 19.2 Å². The fourth-order valence-corrected chi connectivity index (χ4v) is 4.33. The van der Waals surface area contributed by atoms with Crippen molar-refractivity contribution in [2.45, 2.75) is 109 Å². The van der Waals surface area contributed by atoms with E-state index >= 15 is 0 Å². The summed E-state index contributed by atoms with van der Waals surface area (Å²) in [6.45, 7) is 8.83. The van der Waals surface area contributed by atoms with Crippen LogP contribution in [-0.2, 0) is 14.3 Å². The van der Waals surface area contributed by atoms with Crippen LogP contribution in [0, 0.1) is 17.8 Å². The van der Waals surface area contributed by atoms with Gasteiger partial charge in [0.2, 0.25) is 5.91 Å². The Bertz CT molecular complexity index is 506. The fourth-order valence-electron chi connectivity index (χ4n) is 4.33. The number of aliphatic hydroxyl groups excluding tert-OH is 2. The number of hydrogen-bond donors (Lipinski definition) is 4. The van der Waals surface area contributed by atoms with Crippen molar-refractivity contribution >= 4 is 5.91 Å². The topological polar surface area (TPSA) is 114 Å². The summed E-state index contributed by atoms with van der Waals surface area (Å²) in [5, 5.41) is 23.5. The van der Waals surface area contributed by atoms with Crippen molar-refractivity contribution in [1.29, 1.82) is 0 Å². The third kappa shape index (κ3) is 7.17. The smallest absolute Gasteiger partial charge is 0.222 e. The van der Waals surface area contributed by atoms with E-state index in [1.165, 1.54) is 0 Å². The molecular formula is C22H42N2O5. The van der Waals surface area contributed by atoms with Crippen LogP contribution >= 0.6 is 0 Å². The molecule has 170 valence electrons. The van der Waals surface area contributed by atoms with Gasteiger partial charge in [-0.05, 0) is 50.9 Å². The van der Waals surface area contributed by atoms with Crippen molar-refractivity contribution < 1.29 is 24.5 Å². The monoisotopic (exact) mass is 414 g/mol. The molecule has 0 spiro atoms. The Balaban J connectivity index is 2.01. The van der Waals surface area contributed by atoms with Crippen LogP contribution in [0.4, 0.5) is 0 Å². The highest BCUT2D eigenvalue weighted by atomic mass is 16.7. The second-order valence-electron chi connectivity index (χ2n) is 9.37. The molecular weight excluding hydrogens is 372 g/mol. The lowest BCUT2D eigenvalue weighted by molar-refractivity contribution is -0.286. The highest BCUT2D eigenvalue weighted by molar-refractivity contribution is 5.78. The fraction of sp³-hybridized carbons (Fsp3) is 0.955. The molecule has 5 unspecified atom stereocenters. The molecule has 0 aromatic heterocycles. The molecule has 9 atom stereocenters. The lowest BCUT2D eigenvalue weighted by Crippen LogP contribution is -2.61. The minimum absolute atomic E-state index is 0.0655. The minimum Gasteiger partial charge on any atom is -0.389 e. The molecule has 0 bridgehead atoms. The first-order valence-electron chi connectivity index (χ1n) is 11.4. The van der Waals surface area contributed by atoms with Gasteiger partial charge in [-0.25, -0.2) is 0 Å². The molecule has 7 heteroatoms. The number of carbonyl (C=O) groups is 1. The highest BCUT2D eigenvalue weighted by Gasteiger charge is 2.42. The second-order valence-corrected chi connectivity index (χ2v) is 9.37. The third-order valence-corrected chi connectivity index (χ3v) is 6.70. The molecule has 0 aromatic rings. The van der Waals surface area contributed by atoms with Crippen LogP contribution in [0.2, 0.25) is 0 Å². The molecule has 2 fully saturated rings. The molecule has 0 aliphatic carbocycles. The van der Waals surface area contributed by atoms with Gasteiger partial charge in [-0.15, -0.1) is 0 Å². The summed E-state index contributed by atoms with van der Waals surface area (Å²) in [4.78, 5) is 12.2. The zero-order valence-electron chi connectivity index (χ0n) is 18.5. The van der Waals surface area contributed by atoms with Gasteiger partial charge in [-0.1, -0.05) is 33.6 Å². The van der Waals surface area contributed by atoms with Crippen LogP contribution in [0.5, 0.6) is 0 Å². The molecule has 5 N–H and O–H groups in total. The molecule has 1 amide bonds. The number of carbonyl (C=O) groups excluding carboxylic acids is 1. The predicted octanol–water partition coefficient (Wildman–Crippen LogP) is 1.93. The lowest BCUT2D eigenvalue weighted by Gasteiger charge is -2.42. The molecule has 2 saturated heterocycles. The molecule has 2 rings (SSSR count). The minimum atomic E-state index is -1.06. The Kier molecular flexibility index (Phi) is 9.82. The van der Waals surface area contributed by atoms with E-state index in [-0.39, 0.29) is 23.8 Å². The van der Waals surface area contributed by atoms with Crippen molar-refractivity contribution in [2.24, 2.45) is 23.5 Å². The number of nitrogens with two attached hydrogens (primary N) is 1. The molecule has 2 heterocycles. The molecule has 0 radical (unpaired) electrons. The van der Waals surface area contributed by atoms with E-state index in [0.29, 0.717) is 12.5 Å². The van der Waals surface area contributed by atoms with Gasteiger partial charge >= 0.3 is 0 Å². The van der Waals surface area contributed by atoms with E-state index in [0.717, 1.165) is 44.9 Å². The Morgan fingerprint density at radius 3 is 2.45 bits per heavy atom. The maximum Gasteiger partial charge on any atom is 0.222 e. The van der Waals surface area contributed by atoms with Crippen molar-refractivity contribution in [1.82, 2.24) is 5.32 Å². The van der Waals surface area contributed by atoms with Gasteiger partial charge in [-0.3, -0.25) is 4.79 Å². The quantitative estimate of drug-likeness (QED) is 0.549. The SMILES string of the molecule is CC1OC(O[C@@H]2CC[C@@H](C)CCC[C@@H](C)C(=O)NCCC[C@H]2C)C(O)C(N)C1O. The average Bonchev–Trinajstić information content (AvgIpc) is 2.69. The normalized spacial score (nSPS) is 44.0.